The van der Waals surface area contributed by atoms with Crippen LogP contribution in [0.1, 0.15) is 28.5 Å². The molecule has 3 N–H and O–H groups in total. The zero-order valence-electron chi connectivity index (χ0n) is 13.1. The summed E-state index contributed by atoms with van der Waals surface area (Å²) in [6.45, 7) is 4.15. The molecule has 23 heavy (non-hydrogen) atoms. The number of hydrogen-bond donors (Lipinski definition) is 3. The third kappa shape index (κ3) is 4.91. The van der Waals surface area contributed by atoms with Crippen molar-refractivity contribution in [3.63, 3.8) is 0 Å². The minimum atomic E-state index is -0.709. The molecule has 0 unspecified atom stereocenters. The van der Waals surface area contributed by atoms with E-state index in [-0.39, 0.29) is 6.54 Å². The third-order valence-corrected chi connectivity index (χ3v) is 4.52. The van der Waals surface area contributed by atoms with E-state index < -0.39 is 17.9 Å². The summed E-state index contributed by atoms with van der Waals surface area (Å²) in [6.07, 6.45) is -0.262. The molecule has 0 bridgehead atoms. The molecule has 1 aromatic carbocycles. The number of benzene rings is 1. The molecular formula is C17H20N2O3S. The maximum absolute atomic E-state index is 11.8. The fraction of sp³-hybridized carbons (Fsp3) is 0.294. The minimum Gasteiger partial charge on any atom is -0.388 e. The second kappa shape index (κ2) is 7.89. The molecule has 1 atom stereocenters. The van der Waals surface area contributed by atoms with E-state index in [4.69, 9.17) is 0 Å². The molecule has 1 aromatic heterocycles. The van der Waals surface area contributed by atoms with Gasteiger partial charge in [0.1, 0.15) is 0 Å². The minimum absolute atomic E-state index is 0.234. The monoisotopic (exact) mass is 332 g/mol. The van der Waals surface area contributed by atoms with Crippen LogP contribution in [0.5, 0.6) is 0 Å². The van der Waals surface area contributed by atoms with Crippen LogP contribution in [0.2, 0.25) is 0 Å². The number of aliphatic hydroxyl groups is 1. The summed E-state index contributed by atoms with van der Waals surface area (Å²) in [7, 11) is 0. The molecule has 0 spiro atoms. The van der Waals surface area contributed by atoms with Crippen LogP contribution >= 0.6 is 11.3 Å². The van der Waals surface area contributed by atoms with Crippen LogP contribution in [0.3, 0.4) is 0 Å². The summed E-state index contributed by atoms with van der Waals surface area (Å²) < 4.78 is 0. The lowest BCUT2D eigenvalue weighted by Crippen LogP contribution is -2.36. The molecular weight excluding hydrogens is 312 g/mol. The number of aliphatic hydroxyl groups excluding tert-OH is 1. The SMILES string of the molecule is Cc1ccc(NC(=O)C(=O)NCC[C@H](O)c2cccs2)cc1C. The molecule has 0 saturated carbocycles. The number of thiophene rings is 1. The number of nitrogens with one attached hydrogen (secondary N) is 2. The van der Waals surface area contributed by atoms with E-state index in [1.165, 1.54) is 11.3 Å². The second-order valence-corrected chi connectivity index (χ2v) is 6.31. The zero-order chi connectivity index (χ0) is 16.8. The summed E-state index contributed by atoms with van der Waals surface area (Å²) in [5.41, 5.74) is 2.75. The maximum Gasteiger partial charge on any atom is 0.313 e. The van der Waals surface area contributed by atoms with Gasteiger partial charge in [0.05, 0.1) is 6.10 Å². The number of aryl methyl sites for hydroxylation is 2. The summed E-state index contributed by atoms with van der Waals surface area (Å²) in [5, 5.41) is 16.9. The average molecular weight is 332 g/mol. The predicted octanol–water partition coefficient (Wildman–Crippen LogP) is 2.54. The number of carbonyl (C=O) groups excluding carboxylic acids is 2. The van der Waals surface area contributed by atoms with E-state index in [0.29, 0.717) is 12.1 Å². The Morgan fingerprint density at radius 1 is 1.17 bits per heavy atom. The average Bonchev–Trinajstić information content (AvgIpc) is 3.05. The van der Waals surface area contributed by atoms with Gasteiger partial charge in [0, 0.05) is 17.1 Å². The third-order valence-electron chi connectivity index (χ3n) is 3.55. The molecule has 0 aliphatic heterocycles. The van der Waals surface area contributed by atoms with Crippen molar-refractivity contribution in [1.82, 2.24) is 5.32 Å². The van der Waals surface area contributed by atoms with Gasteiger partial charge in [-0.15, -0.1) is 11.3 Å². The van der Waals surface area contributed by atoms with Crippen LogP contribution in [-0.2, 0) is 9.59 Å². The van der Waals surface area contributed by atoms with Crippen LogP contribution in [-0.4, -0.2) is 23.5 Å². The Balaban J connectivity index is 1.78. The molecule has 122 valence electrons. The first-order chi connectivity index (χ1) is 11.0. The second-order valence-electron chi connectivity index (χ2n) is 5.33. The van der Waals surface area contributed by atoms with Gasteiger partial charge in [0.2, 0.25) is 0 Å². The molecule has 0 aliphatic carbocycles. The lowest BCUT2D eigenvalue weighted by molar-refractivity contribution is -0.136. The molecule has 2 amide bonds. The topological polar surface area (TPSA) is 78.4 Å². The van der Waals surface area contributed by atoms with Crippen LogP contribution in [0.25, 0.3) is 0 Å². The first-order valence-corrected chi connectivity index (χ1v) is 8.23. The van der Waals surface area contributed by atoms with Gasteiger partial charge in [0.25, 0.3) is 0 Å². The summed E-state index contributed by atoms with van der Waals surface area (Å²) in [6, 6.07) is 9.16. The fourth-order valence-corrected chi connectivity index (χ4v) is 2.78. The normalized spacial score (nSPS) is 11.8. The molecule has 1 heterocycles. The quantitative estimate of drug-likeness (QED) is 0.736. The standard InChI is InChI=1S/C17H20N2O3S/c1-11-5-6-13(10-12(11)2)19-17(22)16(21)18-8-7-14(20)15-4-3-9-23-15/h3-6,9-10,14,20H,7-8H2,1-2H3,(H,18,21)(H,19,22)/t14-/m0/s1. The number of carbonyl (C=O) groups is 2. The van der Waals surface area contributed by atoms with Gasteiger partial charge in [0.15, 0.2) is 0 Å². The van der Waals surface area contributed by atoms with Crippen molar-refractivity contribution in [3.05, 3.63) is 51.7 Å². The molecule has 6 heteroatoms. The van der Waals surface area contributed by atoms with Crippen molar-refractivity contribution in [1.29, 1.82) is 0 Å². The van der Waals surface area contributed by atoms with Crippen molar-refractivity contribution in [2.45, 2.75) is 26.4 Å². The number of amides is 2. The Morgan fingerprint density at radius 3 is 2.61 bits per heavy atom. The van der Waals surface area contributed by atoms with Gasteiger partial charge in [-0.25, -0.2) is 0 Å². The van der Waals surface area contributed by atoms with Crippen LogP contribution < -0.4 is 10.6 Å². The number of anilines is 1. The highest BCUT2D eigenvalue weighted by molar-refractivity contribution is 7.10. The van der Waals surface area contributed by atoms with Crippen molar-refractivity contribution < 1.29 is 14.7 Å². The van der Waals surface area contributed by atoms with E-state index in [0.717, 1.165) is 16.0 Å². The summed E-state index contributed by atoms with van der Waals surface area (Å²) >= 11 is 1.46. The number of hydrogen-bond acceptors (Lipinski definition) is 4. The van der Waals surface area contributed by atoms with E-state index >= 15 is 0 Å². The number of rotatable bonds is 5. The van der Waals surface area contributed by atoms with Gasteiger partial charge in [-0.2, -0.15) is 0 Å². The highest BCUT2D eigenvalue weighted by atomic mass is 32.1. The molecule has 0 saturated heterocycles. The summed E-state index contributed by atoms with van der Waals surface area (Å²) in [4.78, 5) is 24.4. The predicted molar refractivity (Wildman–Crippen MR) is 91.5 cm³/mol. The molecule has 0 aliphatic rings. The Labute approximate surface area is 139 Å². The van der Waals surface area contributed by atoms with Crippen LogP contribution in [0.4, 0.5) is 5.69 Å². The van der Waals surface area contributed by atoms with Gasteiger partial charge in [-0.05, 0) is 55.0 Å². The molecule has 5 nitrogen and oxygen atoms in total. The van der Waals surface area contributed by atoms with Gasteiger partial charge < -0.3 is 15.7 Å². The van der Waals surface area contributed by atoms with E-state index in [1.54, 1.807) is 6.07 Å². The Morgan fingerprint density at radius 2 is 1.96 bits per heavy atom. The maximum atomic E-state index is 11.8. The lowest BCUT2D eigenvalue weighted by Gasteiger charge is -2.10. The van der Waals surface area contributed by atoms with Gasteiger partial charge in [-0.3, -0.25) is 9.59 Å². The molecule has 2 aromatic rings. The lowest BCUT2D eigenvalue weighted by atomic mass is 10.1. The highest BCUT2D eigenvalue weighted by Crippen LogP contribution is 2.20. The van der Waals surface area contributed by atoms with E-state index in [1.807, 2.05) is 43.5 Å². The van der Waals surface area contributed by atoms with Crippen molar-refractivity contribution in [2.75, 3.05) is 11.9 Å². The first kappa shape index (κ1) is 17.2. The molecule has 2 rings (SSSR count). The zero-order valence-corrected chi connectivity index (χ0v) is 13.9. The fourth-order valence-electron chi connectivity index (χ4n) is 2.03. The first-order valence-electron chi connectivity index (χ1n) is 7.35. The Kier molecular flexibility index (Phi) is 5.90. The van der Waals surface area contributed by atoms with E-state index in [9.17, 15) is 14.7 Å². The highest BCUT2D eigenvalue weighted by Gasteiger charge is 2.15. The molecule has 0 radical (unpaired) electrons. The Hall–Kier alpha value is -2.18. The molecule has 0 fully saturated rings. The van der Waals surface area contributed by atoms with E-state index in [2.05, 4.69) is 10.6 Å². The van der Waals surface area contributed by atoms with Crippen molar-refractivity contribution >= 4 is 28.8 Å². The summed E-state index contributed by atoms with van der Waals surface area (Å²) in [5.74, 6) is -1.42. The van der Waals surface area contributed by atoms with Crippen LogP contribution in [0, 0.1) is 13.8 Å². The Bertz CT molecular complexity index is 683. The van der Waals surface area contributed by atoms with Crippen LogP contribution in [0.15, 0.2) is 35.7 Å². The smallest absolute Gasteiger partial charge is 0.313 e. The van der Waals surface area contributed by atoms with Crippen molar-refractivity contribution in [2.24, 2.45) is 0 Å². The van der Waals surface area contributed by atoms with Gasteiger partial charge >= 0.3 is 11.8 Å². The van der Waals surface area contributed by atoms with Gasteiger partial charge in [-0.1, -0.05) is 12.1 Å². The largest absolute Gasteiger partial charge is 0.388 e. The van der Waals surface area contributed by atoms with Crippen molar-refractivity contribution in [3.8, 4) is 0 Å².